The van der Waals surface area contributed by atoms with Crippen molar-refractivity contribution < 1.29 is 8.68 Å². The van der Waals surface area contributed by atoms with Crippen LogP contribution in [0.4, 0.5) is 0 Å². The fourth-order valence-electron chi connectivity index (χ4n) is 2.88. The molecule has 0 saturated carbocycles. The topological polar surface area (TPSA) is 3.88 Å². The minimum Gasteiger partial charge on any atom is -0.201 e. The molecule has 0 unspecified atom stereocenters. The molecule has 0 bridgehead atoms. The highest BCUT2D eigenvalue weighted by molar-refractivity contribution is 5.63. The molecule has 1 heteroatoms. The van der Waals surface area contributed by atoms with Gasteiger partial charge in [0.1, 0.15) is 7.05 Å². The van der Waals surface area contributed by atoms with Crippen LogP contribution < -0.4 is 4.57 Å². The maximum Gasteiger partial charge on any atom is 0.212 e. The Bertz CT molecular complexity index is 819. The second-order valence-electron chi connectivity index (χ2n) is 8.63. The van der Waals surface area contributed by atoms with Crippen molar-refractivity contribution in [1.82, 2.24) is 0 Å². The van der Waals surface area contributed by atoms with E-state index in [0.717, 1.165) is 22.4 Å². The number of benzene rings is 1. The molecule has 1 aromatic heterocycles. The summed E-state index contributed by atoms with van der Waals surface area (Å²) in [6.07, 6.45) is 1.99. The van der Waals surface area contributed by atoms with Gasteiger partial charge >= 0.3 is 0 Å². The summed E-state index contributed by atoms with van der Waals surface area (Å²) in [5.41, 5.74) is 5.54. The van der Waals surface area contributed by atoms with Crippen molar-refractivity contribution in [3.8, 4) is 11.3 Å². The Hall–Kier alpha value is -1.63. The van der Waals surface area contributed by atoms with E-state index in [1.807, 2.05) is 19.3 Å². The number of hydrogen-bond donors (Lipinski definition) is 0. The fourth-order valence-corrected chi connectivity index (χ4v) is 2.88. The lowest BCUT2D eigenvalue weighted by molar-refractivity contribution is -0.661. The molecule has 23 heavy (non-hydrogen) atoms. The molecule has 1 aromatic carbocycles. The predicted molar refractivity (Wildman–Crippen MR) is 99.9 cm³/mol. The molecule has 1 heterocycles. The van der Waals surface area contributed by atoms with E-state index in [0.29, 0.717) is 5.56 Å². The third-order valence-electron chi connectivity index (χ3n) is 4.46. The number of aromatic nitrogens is 1. The minimum absolute atomic E-state index is 0.0409. The van der Waals surface area contributed by atoms with Gasteiger partial charge in [0.2, 0.25) is 5.69 Å². The summed E-state index contributed by atoms with van der Waals surface area (Å²) < 4.78 is 26.2. The monoisotopic (exact) mass is 313 g/mol. The van der Waals surface area contributed by atoms with Crippen molar-refractivity contribution in [2.24, 2.45) is 7.05 Å². The third kappa shape index (κ3) is 3.65. The van der Waals surface area contributed by atoms with Crippen LogP contribution in [0.2, 0.25) is 0 Å². The average Bonchev–Trinajstić information content (AvgIpc) is 2.44. The second kappa shape index (κ2) is 5.78. The molecule has 0 radical (unpaired) electrons. The Morgan fingerprint density at radius 3 is 2.09 bits per heavy atom. The molecule has 1 nitrogen and oxygen atoms in total. The van der Waals surface area contributed by atoms with Crippen molar-refractivity contribution in [3.63, 3.8) is 0 Å². The first-order valence-electron chi connectivity index (χ1n) is 9.78. The fraction of sp³-hybridized carbons (Fsp3) is 0.500. The molecular weight excluding hydrogens is 278 g/mol. The molecule has 0 atom stereocenters. The van der Waals surface area contributed by atoms with E-state index in [1.54, 1.807) is 0 Å². The predicted octanol–water partition coefficient (Wildman–Crippen LogP) is 5.39. The standard InChI is InChI=1S/C22H32N/c1-15-10-11-17(21(3,4)5)13-18(15)20-12-16(2)19(14-23(20)9)22(6,7)8/h10-14H,1-9H3/q+1/i2D3. The summed E-state index contributed by atoms with van der Waals surface area (Å²) in [7, 11) is 2.00. The number of hydrogen-bond acceptors (Lipinski definition) is 0. The van der Waals surface area contributed by atoms with Gasteiger partial charge in [0.15, 0.2) is 6.20 Å². The number of rotatable bonds is 1. The summed E-state index contributed by atoms with van der Waals surface area (Å²) in [5, 5.41) is 0. The smallest absolute Gasteiger partial charge is 0.201 e. The molecule has 0 aliphatic carbocycles. The quantitative estimate of drug-likeness (QED) is 0.621. The van der Waals surface area contributed by atoms with Crippen molar-refractivity contribution >= 4 is 0 Å². The lowest BCUT2D eigenvalue weighted by Crippen LogP contribution is -2.34. The molecule has 2 rings (SSSR count). The van der Waals surface area contributed by atoms with Gasteiger partial charge in [-0.3, -0.25) is 0 Å². The maximum atomic E-state index is 8.04. The molecule has 124 valence electrons. The average molecular weight is 314 g/mol. The molecule has 0 N–H and O–H groups in total. The molecule has 0 amide bonds. The zero-order chi connectivity index (χ0) is 20.1. The Morgan fingerprint density at radius 1 is 0.913 bits per heavy atom. The van der Waals surface area contributed by atoms with Gasteiger partial charge in [0, 0.05) is 21.3 Å². The number of aryl methyl sites for hydroxylation is 3. The van der Waals surface area contributed by atoms with E-state index in [4.69, 9.17) is 4.11 Å². The summed E-state index contributed by atoms with van der Waals surface area (Å²) in [4.78, 5) is 0. The van der Waals surface area contributed by atoms with Crippen LogP contribution in [-0.2, 0) is 17.9 Å². The van der Waals surface area contributed by atoms with Gasteiger partial charge in [0.05, 0.1) is 0 Å². The van der Waals surface area contributed by atoms with Crippen LogP contribution in [0.3, 0.4) is 0 Å². The summed E-state index contributed by atoms with van der Waals surface area (Å²) >= 11 is 0. The molecule has 2 aromatic rings. The van der Waals surface area contributed by atoms with Crippen LogP contribution in [0.1, 0.15) is 67.9 Å². The molecule has 0 aliphatic heterocycles. The van der Waals surface area contributed by atoms with E-state index in [2.05, 4.69) is 71.2 Å². The largest absolute Gasteiger partial charge is 0.212 e. The highest BCUT2D eigenvalue weighted by Gasteiger charge is 2.24. The van der Waals surface area contributed by atoms with Gasteiger partial charge in [-0.25, -0.2) is 4.57 Å². The molecule has 0 spiro atoms. The van der Waals surface area contributed by atoms with E-state index >= 15 is 0 Å². The van der Waals surface area contributed by atoms with Crippen LogP contribution >= 0.6 is 0 Å². The van der Waals surface area contributed by atoms with Crippen LogP contribution in [-0.4, -0.2) is 0 Å². The van der Waals surface area contributed by atoms with E-state index in [-0.39, 0.29) is 10.8 Å². The molecular formula is C22H32N+. The first-order valence-corrected chi connectivity index (χ1v) is 8.28. The third-order valence-corrected chi connectivity index (χ3v) is 4.46. The van der Waals surface area contributed by atoms with E-state index < -0.39 is 6.85 Å². The van der Waals surface area contributed by atoms with Crippen molar-refractivity contribution in [1.29, 1.82) is 0 Å². The molecule has 0 aliphatic rings. The van der Waals surface area contributed by atoms with Gasteiger partial charge < -0.3 is 0 Å². The summed E-state index contributed by atoms with van der Waals surface area (Å²) in [5.74, 6) is 0. The maximum absolute atomic E-state index is 8.04. The summed E-state index contributed by atoms with van der Waals surface area (Å²) in [6.45, 7) is 12.7. The number of nitrogens with zero attached hydrogens (tertiary/aromatic N) is 1. The first-order chi connectivity index (χ1) is 11.6. The van der Waals surface area contributed by atoms with Gasteiger partial charge in [-0.2, -0.15) is 0 Å². The Balaban J connectivity index is 2.80. The summed E-state index contributed by atoms with van der Waals surface area (Å²) in [6, 6.07) is 8.35. The SMILES string of the molecule is [2H]C([2H])([2H])c1cc(-c2cc(C(C)(C)C)ccc2C)[n+](C)cc1C(C)(C)C. The number of pyridine rings is 1. The van der Waals surface area contributed by atoms with Gasteiger partial charge in [-0.15, -0.1) is 0 Å². The van der Waals surface area contributed by atoms with Crippen LogP contribution in [0.5, 0.6) is 0 Å². The van der Waals surface area contributed by atoms with Crippen molar-refractivity contribution in [2.75, 3.05) is 0 Å². The Labute approximate surface area is 146 Å². The second-order valence-corrected chi connectivity index (χ2v) is 8.63. The zero-order valence-electron chi connectivity index (χ0n) is 18.8. The lowest BCUT2D eigenvalue weighted by Gasteiger charge is -2.22. The Kier molecular flexibility index (Phi) is 3.46. The zero-order valence-corrected chi connectivity index (χ0v) is 15.8. The highest BCUT2D eigenvalue weighted by atomic mass is 14.9. The highest BCUT2D eigenvalue weighted by Crippen LogP contribution is 2.31. The van der Waals surface area contributed by atoms with Gasteiger partial charge in [0.25, 0.3) is 0 Å². The van der Waals surface area contributed by atoms with E-state index in [1.165, 1.54) is 5.56 Å². The molecule has 0 saturated heterocycles. The van der Waals surface area contributed by atoms with Crippen LogP contribution in [0, 0.1) is 13.8 Å². The van der Waals surface area contributed by atoms with Crippen LogP contribution in [0.15, 0.2) is 30.5 Å². The Morgan fingerprint density at radius 2 is 1.57 bits per heavy atom. The first kappa shape index (κ1) is 13.8. The van der Waals surface area contributed by atoms with Gasteiger partial charge in [-0.1, -0.05) is 53.7 Å². The van der Waals surface area contributed by atoms with Crippen molar-refractivity contribution in [2.45, 2.75) is 66.1 Å². The van der Waals surface area contributed by atoms with E-state index in [9.17, 15) is 0 Å². The lowest BCUT2D eigenvalue weighted by atomic mass is 9.83. The van der Waals surface area contributed by atoms with Crippen molar-refractivity contribution in [3.05, 3.63) is 52.7 Å². The normalized spacial score (nSPS) is 15.0. The van der Waals surface area contributed by atoms with Gasteiger partial charge in [-0.05, 0) is 47.4 Å². The van der Waals surface area contributed by atoms with Crippen LogP contribution in [0.25, 0.3) is 11.3 Å². The minimum atomic E-state index is -2.14. The molecule has 0 fully saturated rings.